The minimum Gasteiger partial charge on any atom is -0.353 e. The summed E-state index contributed by atoms with van der Waals surface area (Å²) >= 11 is 5.80. The van der Waals surface area contributed by atoms with E-state index in [4.69, 9.17) is 11.6 Å². The first-order chi connectivity index (χ1) is 12.8. The smallest absolute Gasteiger partial charge is 0.251 e. The first-order valence-electron chi connectivity index (χ1n) is 9.46. The molecule has 1 fully saturated rings. The van der Waals surface area contributed by atoms with Gasteiger partial charge < -0.3 is 15.5 Å². The summed E-state index contributed by atoms with van der Waals surface area (Å²) < 4.78 is 0. The summed E-state index contributed by atoms with van der Waals surface area (Å²) in [5.74, 6) is 0.243. The number of piperidine rings is 1. The fourth-order valence-electron chi connectivity index (χ4n) is 3.04. The molecule has 27 heavy (non-hydrogen) atoms. The van der Waals surface area contributed by atoms with E-state index in [1.54, 1.807) is 24.3 Å². The van der Waals surface area contributed by atoms with E-state index in [1.165, 1.54) is 0 Å². The van der Waals surface area contributed by atoms with Crippen LogP contribution in [0.2, 0.25) is 5.02 Å². The van der Waals surface area contributed by atoms with Crippen LogP contribution in [0, 0.1) is 5.92 Å². The molecule has 0 aromatic heterocycles. The number of amides is 3. The van der Waals surface area contributed by atoms with Gasteiger partial charge in [0.05, 0.1) is 0 Å². The molecule has 0 bridgehead atoms. The van der Waals surface area contributed by atoms with Crippen molar-refractivity contribution >= 4 is 29.3 Å². The first kappa shape index (κ1) is 21.2. The highest BCUT2D eigenvalue weighted by atomic mass is 35.5. The lowest BCUT2D eigenvalue weighted by Gasteiger charge is -2.32. The van der Waals surface area contributed by atoms with Gasteiger partial charge in [0.1, 0.15) is 0 Å². The summed E-state index contributed by atoms with van der Waals surface area (Å²) in [5.41, 5.74) is 0.512. The monoisotopic (exact) mass is 393 g/mol. The summed E-state index contributed by atoms with van der Waals surface area (Å²) in [5, 5.41) is 6.30. The van der Waals surface area contributed by atoms with E-state index in [2.05, 4.69) is 10.6 Å². The molecule has 2 rings (SSSR count). The van der Waals surface area contributed by atoms with Gasteiger partial charge in [-0.1, -0.05) is 25.4 Å². The minimum absolute atomic E-state index is 0.0848. The number of nitrogens with zero attached hydrogens (tertiary/aromatic N) is 1. The molecule has 0 atom stereocenters. The Balaban J connectivity index is 1.64. The zero-order valence-electron chi connectivity index (χ0n) is 16.0. The zero-order valence-corrected chi connectivity index (χ0v) is 16.7. The standard InChI is InChI=1S/C20H28ClN3O3/c1-14(2)13-19(26)24-11-8-17(9-12-24)23-18(25)7-10-22-20(27)15-3-5-16(21)6-4-15/h3-6,14,17H,7-13H2,1-2H3,(H,22,27)(H,23,25). The molecule has 1 heterocycles. The SMILES string of the molecule is CC(C)CC(=O)N1CCC(NC(=O)CCNC(=O)c2ccc(Cl)cc2)CC1. The molecule has 7 heteroatoms. The van der Waals surface area contributed by atoms with Gasteiger partial charge >= 0.3 is 0 Å². The molecule has 0 radical (unpaired) electrons. The normalized spacial score (nSPS) is 14.9. The number of hydrogen-bond donors (Lipinski definition) is 2. The maximum absolute atomic E-state index is 12.1. The predicted molar refractivity (Wildman–Crippen MR) is 106 cm³/mol. The van der Waals surface area contributed by atoms with Gasteiger partial charge in [-0.15, -0.1) is 0 Å². The lowest BCUT2D eigenvalue weighted by atomic mass is 10.0. The predicted octanol–water partition coefficient (Wildman–Crippen LogP) is 2.61. The van der Waals surface area contributed by atoms with Crippen molar-refractivity contribution in [1.82, 2.24) is 15.5 Å². The van der Waals surface area contributed by atoms with Crippen LogP contribution in [-0.2, 0) is 9.59 Å². The van der Waals surface area contributed by atoms with Crippen molar-refractivity contribution in [2.24, 2.45) is 5.92 Å². The van der Waals surface area contributed by atoms with Crippen LogP contribution in [-0.4, -0.2) is 48.3 Å². The summed E-state index contributed by atoms with van der Waals surface area (Å²) in [6.07, 6.45) is 2.34. The van der Waals surface area contributed by atoms with E-state index in [1.807, 2.05) is 18.7 Å². The Morgan fingerprint density at radius 3 is 2.37 bits per heavy atom. The van der Waals surface area contributed by atoms with E-state index >= 15 is 0 Å². The molecule has 1 aliphatic rings. The largest absolute Gasteiger partial charge is 0.353 e. The highest BCUT2D eigenvalue weighted by Crippen LogP contribution is 2.14. The zero-order chi connectivity index (χ0) is 19.8. The van der Waals surface area contributed by atoms with Gasteiger partial charge in [0.25, 0.3) is 5.91 Å². The fraction of sp³-hybridized carbons (Fsp3) is 0.550. The number of rotatable bonds is 7. The van der Waals surface area contributed by atoms with Crippen LogP contribution in [0.5, 0.6) is 0 Å². The summed E-state index contributed by atoms with van der Waals surface area (Å²) in [6, 6.07) is 6.69. The third-order valence-electron chi connectivity index (χ3n) is 4.54. The van der Waals surface area contributed by atoms with E-state index < -0.39 is 0 Å². The van der Waals surface area contributed by atoms with Crippen molar-refractivity contribution in [3.05, 3.63) is 34.9 Å². The molecule has 3 amide bonds. The molecule has 1 aromatic carbocycles. The van der Waals surface area contributed by atoms with Gasteiger partial charge in [-0.25, -0.2) is 0 Å². The van der Waals surface area contributed by atoms with Crippen molar-refractivity contribution < 1.29 is 14.4 Å². The van der Waals surface area contributed by atoms with Gasteiger partial charge in [-0.2, -0.15) is 0 Å². The second-order valence-electron chi connectivity index (χ2n) is 7.33. The van der Waals surface area contributed by atoms with Gasteiger partial charge in [0.2, 0.25) is 11.8 Å². The van der Waals surface area contributed by atoms with Crippen LogP contribution in [0.25, 0.3) is 0 Å². The van der Waals surface area contributed by atoms with Crippen LogP contribution in [0.1, 0.15) is 49.9 Å². The van der Waals surface area contributed by atoms with Gasteiger partial charge in [0, 0.05) is 49.1 Å². The average Bonchev–Trinajstić information content (AvgIpc) is 2.62. The third-order valence-corrected chi connectivity index (χ3v) is 4.79. The summed E-state index contributed by atoms with van der Waals surface area (Å²) in [7, 11) is 0. The topological polar surface area (TPSA) is 78.5 Å². The van der Waals surface area contributed by atoms with Crippen LogP contribution < -0.4 is 10.6 Å². The Kier molecular flexibility index (Phi) is 8.10. The molecule has 1 aliphatic heterocycles. The lowest BCUT2D eigenvalue weighted by molar-refractivity contribution is -0.133. The molecule has 1 saturated heterocycles. The van der Waals surface area contributed by atoms with Crippen molar-refractivity contribution in [3.8, 4) is 0 Å². The highest BCUT2D eigenvalue weighted by Gasteiger charge is 2.24. The van der Waals surface area contributed by atoms with Crippen LogP contribution in [0.4, 0.5) is 0 Å². The van der Waals surface area contributed by atoms with E-state index in [9.17, 15) is 14.4 Å². The van der Waals surface area contributed by atoms with Gasteiger partial charge in [0.15, 0.2) is 0 Å². The number of likely N-dealkylation sites (tertiary alicyclic amines) is 1. The third kappa shape index (κ3) is 7.21. The maximum Gasteiger partial charge on any atom is 0.251 e. The van der Waals surface area contributed by atoms with Crippen molar-refractivity contribution in [2.45, 2.75) is 45.6 Å². The quantitative estimate of drug-likeness (QED) is 0.747. The number of nitrogens with one attached hydrogen (secondary N) is 2. The Bertz CT molecular complexity index is 653. The molecular weight excluding hydrogens is 366 g/mol. The summed E-state index contributed by atoms with van der Waals surface area (Å²) in [4.78, 5) is 38.0. The molecular formula is C20H28ClN3O3. The first-order valence-corrected chi connectivity index (χ1v) is 9.84. The average molecular weight is 394 g/mol. The van der Waals surface area contributed by atoms with Crippen LogP contribution >= 0.6 is 11.6 Å². The number of carbonyl (C=O) groups is 3. The maximum atomic E-state index is 12.1. The van der Waals surface area contributed by atoms with Crippen molar-refractivity contribution in [2.75, 3.05) is 19.6 Å². The molecule has 6 nitrogen and oxygen atoms in total. The number of carbonyl (C=O) groups excluding carboxylic acids is 3. The van der Waals surface area contributed by atoms with E-state index in [-0.39, 0.29) is 36.7 Å². The molecule has 0 aliphatic carbocycles. The Morgan fingerprint density at radius 1 is 1.15 bits per heavy atom. The van der Waals surface area contributed by atoms with Crippen LogP contribution in [0.3, 0.4) is 0 Å². The fourth-order valence-corrected chi connectivity index (χ4v) is 3.17. The summed E-state index contributed by atoms with van der Waals surface area (Å²) in [6.45, 7) is 5.72. The lowest BCUT2D eigenvalue weighted by Crippen LogP contribution is -2.47. The Morgan fingerprint density at radius 2 is 1.78 bits per heavy atom. The molecule has 0 saturated carbocycles. The van der Waals surface area contributed by atoms with E-state index in [0.717, 1.165) is 12.8 Å². The second-order valence-corrected chi connectivity index (χ2v) is 7.77. The highest BCUT2D eigenvalue weighted by molar-refractivity contribution is 6.30. The van der Waals surface area contributed by atoms with Crippen molar-refractivity contribution in [3.63, 3.8) is 0 Å². The Hall–Kier alpha value is -2.08. The molecule has 2 N–H and O–H groups in total. The molecule has 0 spiro atoms. The number of benzene rings is 1. The van der Waals surface area contributed by atoms with E-state index in [0.29, 0.717) is 36.0 Å². The molecule has 1 aromatic rings. The van der Waals surface area contributed by atoms with Crippen molar-refractivity contribution in [1.29, 1.82) is 0 Å². The molecule has 148 valence electrons. The molecule has 0 unspecified atom stereocenters. The van der Waals surface area contributed by atoms with Gasteiger partial charge in [-0.3, -0.25) is 14.4 Å². The Labute approximate surface area is 165 Å². The second kappa shape index (κ2) is 10.3. The van der Waals surface area contributed by atoms with Crippen LogP contribution in [0.15, 0.2) is 24.3 Å². The number of hydrogen-bond acceptors (Lipinski definition) is 3. The minimum atomic E-state index is -0.226. The van der Waals surface area contributed by atoms with Gasteiger partial charge in [-0.05, 0) is 43.0 Å². The number of halogens is 1.